The van der Waals surface area contributed by atoms with Crippen molar-refractivity contribution in [3.8, 4) is 0 Å². The van der Waals surface area contributed by atoms with Crippen LogP contribution in [0.25, 0.3) is 0 Å². The fourth-order valence-electron chi connectivity index (χ4n) is 2.18. The average molecular weight is 519 g/mol. The highest BCUT2D eigenvalue weighted by Crippen LogP contribution is 2.66. The monoisotopic (exact) mass is 519 g/mol. The highest BCUT2D eigenvalue weighted by atomic mass is 32.1. The van der Waals surface area contributed by atoms with E-state index in [0.29, 0.717) is 6.20 Å². The molecule has 1 aliphatic rings. The van der Waals surface area contributed by atoms with E-state index in [-0.39, 0.29) is 0 Å². The van der Waals surface area contributed by atoms with Crippen molar-refractivity contribution in [2.45, 2.75) is 24.6 Å². The molecular weight excluding hydrogens is 505 g/mol. The van der Waals surface area contributed by atoms with E-state index in [9.17, 15) is 32.5 Å². The van der Waals surface area contributed by atoms with Crippen molar-refractivity contribution in [1.82, 2.24) is 9.55 Å². The summed E-state index contributed by atoms with van der Waals surface area (Å²) in [5.41, 5.74) is 5.22. The first-order valence-corrected chi connectivity index (χ1v) is 12.2. The molecule has 1 aromatic heterocycles. The van der Waals surface area contributed by atoms with Crippen molar-refractivity contribution in [3.05, 3.63) is 16.8 Å². The fourth-order valence-corrected chi connectivity index (χ4v) is 5.47. The van der Waals surface area contributed by atoms with E-state index in [2.05, 4.69) is 18.1 Å². The molecular formula is C9H14F2N3O12P3S. The van der Waals surface area contributed by atoms with Gasteiger partial charge in [0.25, 0.3) is 0 Å². The lowest BCUT2D eigenvalue weighted by Crippen LogP contribution is -2.30. The third kappa shape index (κ3) is 6.64. The second-order valence-electron chi connectivity index (χ2n) is 5.55. The lowest BCUT2D eigenvalue weighted by atomic mass is 10.1. The number of nitrogens with two attached hydrogens (primary N) is 1. The summed E-state index contributed by atoms with van der Waals surface area (Å²) in [5.74, 6) is -1.63. The first kappa shape index (κ1) is 25.5. The van der Waals surface area contributed by atoms with Gasteiger partial charge in [0, 0.05) is 6.20 Å². The van der Waals surface area contributed by atoms with Gasteiger partial charge in [-0.25, -0.2) is 22.5 Å². The zero-order valence-electron chi connectivity index (χ0n) is 14.2. The summed E-state index contributed by atoms with van der Waals surface area (Å²) in [4.78, 5) is 38.7. The van der Waals surface area contributed by atoms with Gasteiger partial charge < -0.3 is 35.2 Å². The third-order valence-electron chi connectivity index (χ3n) is 3.31. The Balaban J connectivity index is 2.09. The van der Waals surface area contributed by atoms with Crippen LogP contribution < -0.4 is 5.73 Å². The maximum atomic E-state index is 14.3. The standard InChI is InChI=1S/C9H14F2N3O12P3S/c10-3-1-14(9(30)13-7(3)12)8-6(15)5(11)4(24-8)2-23-28(19,20)26-29(21,22)25-27(16,17)18/h1,4-6,8,15H,2H2,(H,19,20)(H,21,22)(H2,12,13,30)(H2,16,17,18)/t4-,5+,6?,8-/m1/s1. The highest BCUT2D eigenvalue weighted by molar-refractivity contribution is 7.71. The smallest absolute Gasteiger partial charge is 0.385 e. The number of phosphoric ester groups is 1. The van der Waals surface area contributed by atoms with E-state index in [1.807, 2.05) is 0 Å². The molecule has 0 aromatic carbocycles. The molecule has 21 heteroatoms. The van der Waals surface area contributed by atoms with Crippen LogP contribution in [-0.4, -0.2) is 59.2 Å². The fraction of sp³-hybridized carbons (Fsp3) is 0.556. The van der Waals surface area contributed by atoms with Gasteiger partial charge in [0.15, 0.2) is 24.0 Å². The van der Waals surface area contributed by atoms with Crippen LogP contribution >= 0.6 is 35.7 Å². The van der Waals surface area contributed by atoms with E-state index in [1.54, 1.807) is 0 Å². The maximum absolute atomic E-state index is 14.3. The van der Waals surface area contributed by atoms with Crippen LogP contribution in [0.1, 0.15) is 6.23 Å². The van der Waals surface area contributed by atoms with Gasteiger partial charge in [0.05, 0.1) is 6.61 Å². The predicted octanol–water partition coefficient (Wildman–Crippen LogP) is 0.274. The number of aromatic nitrogens is 2. The summed E-state index contributed by atoms with van der Waals surface area (Å²) < 4.78 is 77.9. The first-order chi connectivity index (χ1) is 13.5. The Morgan fingerprint density at radius 1 is 1.23 bits per heavy atom. The molecule has 1 aliphatic heterocycles. The van der Waals surface area contributed by atoms with Gasteiger partial charge in [-0.2, -0.15) is 13.6 Å². The van der Waals surface area contributed by atoms with Crippen molar-refractivity contribution in [3.63, 3.8) is 0 Å². The summed E-state index contributed by atoms with van der Waals surface area (Å²) in [7, 11) is -16.9. The summed E-state index contributed by atoms with van der Waals surface area (Å²) in [6.45, 7) is -1.17. The number of halogens is 2. The molecule has 1 aromatic rings. The Kier molecular flexibility index (Phi) is 7.69. The molecule has 1 saturated heterocycles. The van der Waals surface area contributed by atoms with E-state index < -0.39 is 71.1 Å². The van der Waals surface area contributed by atoms with Crippen LogP contribution in [0, 0.1) is 10.6 Å². The van der Waals surface area contributed by atoms with Gasteiger partial charge in [-0.1, -0.05) is 0 Å². The van der Waals surface area contributed by atoms with Gasteiger partial charge in [0.2, 0.25) is 4.77 Å². The molecule has 0 aliphatic carbocycles. The molecule has 0 amide bonds. The SMILES string of the molecule is Nc1nc(=S)n([C@@H]2O[C@H](COP(=O)(O)OP(=O)(O)OP(=O)(O)O)[C@H](F)C2O)cc1F. The topological polar surface area (TPSA) is 233 Å². The van der Waals surface area contributed by atoms with Crippen LogP contribution in [0.2, 0.25) is 0 Å². The average Bonchev–Trinajstić information content (AvgIpc) is 2.81. The Morgan fingerprint density at radius 3 is 2.40 bits per heavy atom. The number of nitrogens with zero attached hydrogens (tertiary/aromatic N) is 2. The molecule has 3 unspecified atom stereocenters. The molecule has 0 bridgehead atoms. The van der Waals surface area contributed by atoms with Crippen molar-refractivity contribution >= 4 is 41.5 Å². The van der Waals surface area contributed by atoms with Gasteiger partial charge >= 0.3 is 23.5 Å². The minimum atomic E-state index is -5.77. The quantitative estimate of drug-likeness (QED) is 0.200. The van der Waals surface area contributed by atoms with Crippen molar-refractivity contribution < 1.29 is 65.0 Å². The number of rotatable bonds is 8. The number of ether oxygens (including phenoxy) is 1. The number of alkyl halides is 1. The molecule has 6 atom stereocenters. The van der Waals surface area contributed by atoms with Crippen LogP contribution in [0.15, 0.2) is 6.20 Å². The normalized spacial score (nSPS) is 28.8. The minimum Gasteiger partial charge on any atom is -0.385 e. The van der Waals surface area contributed by atoms with Gasteiger partial charge in [-0.15, -0.1) is 0 Å². The number of aliphatic hydroxyl groups excluding tert-OH is 1. The molecule has 2 rings (SSSR count). The molecule has 15 nitrogen and oxygen atoms in total. The van der Waals surface area contributed by atoms with Crippen molar-refractivity contribution in [1.29, 1.82) is 0 Å². The number of nitrogen functional groups attached to an aromatic ring is 1. The molecule has 0 saturated carbocycles. The largest absolute Gasteiger partial charge is 0.490 e. The second-order valence-corrected chi connectivity index (χ2v) is 10.3. The Bertz CT molecular complexity index is 1000. The zero-order valence-corrected chi connectivity index (χ0v) is 17.7. The van der Waals surface area contributed by atoms with E-state index in [1.165, 1.54) is 0 Å². The minimum absolute atomic E-state index is 0.390. The number of hydrogen-bond acceptors (Lipinski definition) is 11. The summed E-state index contributed by atoms with van der Waals surface area (Å²) in [5, 5.41) is 9.95. The van der Waals surface area contributed by atoms with Gasteiger partial charge in [-0.3, -0.25) is 9.09 Å². The Morgan fingerprint density at radius 2 is 1.83 bits per heavy atom. The summed E-state index contributed by atoms with van der Waals surface area (Å²) in [6.07, 6.45) is -7.03. The first-order valence-electron chi connectivity index (χ1n) is 7.31. The number of anilines is 1. The third-order valence-corrected chi connectivity index (χ3v) is 7.42. The zero-order chi connectivity index (χ0) is 23.1. The number of hydrogen-bond donors (Lipinski definition) is 6. The van der Waals surface area contributed by atoms with E-state index in [4.69, 9.17) is 37.4 Å². The van der Waals surface area contributed by atoms with Crippen molar-refractivity contribution in [2.75, 3.05) is 12.3 Å². The second kappa shape index (κ2) is 9.03. The lowest BCUT2D eigenvalue weighted by molar-refractivity contribution is -0.0524. The van der Waals surface area contributed by atoms with Crippen LogP contribution in [0.3, 0.4) is 0 Å². The van der Waals surface area contributed by atoms with Gasteiger partial charge in [0.1, 0.15) is 12.2 Å². The molecule has 0 spiro atoms. The molecule has 30 heavy (non-hydrogen) atoms. The molecule has 172 valence electrons. The highest BCUT2D eigenvalue weighted by Gasteiger charge is 2.47. The number of phosphoric acid groups is 3. The van der Waals surface area contributed by atoms with E-state index >= 15 is 0 Å². The van der Waals surface area contributed by atoms with Crippen LogP contribution in [-0.2, 0) is 31.6 Å². The Hall–Kier alpha value is -0.710. The van der Waals surface area contributed by atoms with Crippen molar-refractivity contribution in [2.24, 2.45) is 0 Å². The lowest BCUT2D eigenvalue weighted by Gasteiger charge is -2.19. The Labute approximate surface area is 170 Å². The van der Waals surface area contributed by atoms with Crippen LogP contribution in [0.5, 0.6) is 0 Å². The summed E-state index contributed by atoms with van der Waals surface area (Å²) >= 11 is 4.81. The number of aliphatic hydroxyl groups is 1. The predicted molar refractivity (Wildman–Crippen MR) is 92.1 cm³/mol. The maximum Gasteiger partial charge on any atom is 0.490 e. The molecule has 2 heterocycles. The molecule has 0 radical (unpaired) electrons. The van der Waals surface area contributed by atoms with Crippen LogP contribution in [0.4, 0.5) is 14.6 Å². The molecule has 7 N–H and O–H groups in total. The molecule has 1 fully saturated rings. The van der Waals surface area contributed by atoms with Gasteiger partial charge in [-0.05, 0) is 12.2 Å². The summed E-state index contributed by atoms with van der Waals surface area (Å²) in [6, 6.07) is 0. The van der Waals surface area contributed by atoms with E-state index in [0.717, 1.165) is 4.57 Å².